The van der Waals surface area contributed by atoms with Crippen LogP contribution in [0.2, 0.25) is 0 Å². The van der Waals surface area contributed by atoms with Crippen LogP contribution in [0.15, 0.2) is 48.5 Å². The van der Waals surface area contributed by atoms with Crippen LogP contribution >= 0.6 is 0 Å². The minimum absolute atomic E-state index is 0.241. The van der Waals surface area contributed by atoms with Gasteiger partial charge in [0.15, 0.2) is 12.4 Å². The van der Waals surface area contributed by atoms with Gasteiger partial charge in [-0.3, -0.25) is 9.59 Å². The Morgan fingerprint density at radius 3 is 2.40 bits per heavy atom. The molecule has 0 aromatic heterocycles. The van der Waals surface area contributed by atoms with Crippen molar-refractivity contribution in [1.29, 1.82) is 0 Å². The minimum Gasteiger partial charge on any atom is -0.456 e. The maximum atomic E-state index is 12.8. The molecule has 1 atom stereocenters. The summed E-state index contributed by atoms with van der Waals surface area (Å²) in [5, 5.41) is 2.52. The Morgan fingerprint density at radius 2 is 1.76 bits per heavy atom. The minimum atomic E-state index is -0.908. The summed E-state index contributed by atoms with van der Waals surface area (Å²) < 4.78 is 17.7. The van der Waals surface area contributed by atoms with Crippen LogP contribution in [0.1, 0.15) is 33.2 Å². The molecule has 6 heteroatoms. The number of hydrogen-bond donors (Lipinski definition) is 1. The third-order valence-electron chi connectivity index (χ3n) is 3.49. The third kappa shape index (κ3) is 5.24. The van der Waals surface area contributed by atoms with Gasteiger partial charge in [-0.05, 0) is 50.2 Å². The number of benzene rings is 2. The van der Waals surface area contributed by atoms with Crippen molar-refractivity contribution in [3.05, 3.63) is 71.0 Å². The summed E-state index contributed by atoms with van der Waals surface area (Å²) in [6, 6.07) is 11.0. The Hall–Kier alpha value is -3.02. The maximum Gasteiger partial charge on any atom is 0.328 e. The number of carbonyl (C=O) groups is 3. The third-order valence-corrected chi connectivity index (χ3v) is 3.49. The summed E-state index contributed by atoms with van der Waals surface area (Å²) in [4.78, 5) is 35.9. The van der Waals surface area contributed by atoms with E-state index in [-0.39, 0.29) is 5.56 Å². The van der Waals surface area contributed by atoms with Gasteiger partial charge in [-0.1, -0.05) is 17.7 Å². The van der Waals surface area contributed by atoms with E-state index in [0.29, 0.717) is 5.56 Å². The zero-order chi connectivity index (χ0) is 18.4. The molecule has 0 aliphatic rings. The van der Waals surface area contributed by atoms with Crippen LogP contribution in [0.25, 0.3) is 0 Å². The van der Waals surface area contributed by atoms with Gasteiger partial charge in [0.05, 0.1) is 0 Å². The average molecular weight is 343 g/mol. The standard InChI is InChI=1S/C19H18FNO4/c1-12-4-3-5-15(10-12)18(23)21-13(2)19(24)25-11-17(22)14-6-8-16(20)9-7-14/h3-10,13H,11H2,1-2H3,(H,21,23)/t13-/m0/s1. The normalized spacial score (nSPS) is 11.5. The zero-order valence-electron chi connectivity index (χ0n) is 13.9. The van der Waals surface area contributed by atoms with Crippen molar-refractivity contribution < 1.29 is 23.5 Å². The van der Waals surface area contributed by atoms with Gasteiger partial charge >= 0.3 is 5.97 Å². The number of esters is 1. The maximum absolute atomic E-state index is 12.8. The van der Waals surface area contributed by atoms with Crippen molar-refractivity contribution in [1.82, 2.24) is 5.32 Å². The van der Waals surface area contributed by atoms with E-state index in [0.717, 1.165) is 17.7 Å². The van der Waals surface area contributed by atoms with Crippen molar-refractivity contribution in [2.45, 2.75) is 19.9 Å². The Morgan fingerprint density at radius 1 is 1.08 bits per heavy atom. The molecule has 25 heavy (non-hydrogen) atoms. The van der Waals surface area contributed by atoms with E-state index in [1.165, 1.54) is 19.1 Å². The number of halogens is 1. The van der Waals surface area contributed by atoms with Gasteiger partial charge in [-0.25, -0.2) is 9.18 Å². The Labute approximate surface area is 144 Å². The van der Waals surface area contributed by atoms with Crippen LogP contribution in [0.5, 0.6) is 0 Å². The molecule has 0 aliphatic carbocycles. The molecule has 2 aromatic carbocycles. The van der Waals surface area contributed by atoms with Crippen LogP contribution < -0.4 is 5.32 Å². The molecule has 130 valence electrons. The van der Waals surface area contributed by atoms with Gasteiger partial charge in [0.1, 0.15) is 11.9 Å². The monoisotopic (exact) mass is 343 g/mol. The first-order valence-corrected chi connectivity index (χ1v) is 7.70. The van der Waals surface area contributed by atoms with Crippen molar-refractivity contribution in [2.24, 2.45) is 0 Å². The lowest BCUT2D eigenvalue weighted by atomic mass is 10.1. The van der Waals surface area contributed by atoms with Crippen LogP contribution in [-0.2, 0) is 9.53 Å². The summed E-state index contributed by atoms with van der Waals surface area (Å²) in [6.45, 7) is 2.85. The van der Waals surface area contributed by atoms with Gasteiger partial charge in [-0.15, -0.1) is 0 Å². The van der Waals surface area contributed by atoms with E-state index < -0.39 is 36.1 Å². The molecule has 0 bridgehead atoms. The van der Waals surface area contributed by atoms with Crippen molar-refractivity contribution >= 4 is 17.7 Å². The Bertz CT molecular complexity index is 786. The van der Waals surface area contributed by atoms with Gasteiger partial charge < -0.3 is 10.1 Å². The number of hydrogen-bond acceptors (Lipinski definition) is 4. The molecule has 0 fully saturated rings. The lowest BCUT2D eigenvalue weighted by Crippen LogP contribution is -2.40. The molecule has 1 amide bonds. The zero-order valence-corrected chi connectivity index (χ0v) is 13.9. The fourth-order valence-corrected chi connectivity index (χ4v) is 2.11. The molecule has 0 saturated carbocycles. The Kier molecular flexibility index (Phi) is 6.00. The SMILES string of the molecule is Cc1cccc(C(=O)N[C@@H](C)C(=O)OCC(=O)c2ccc(F)cc2)c1. The first-order chi connectivity index (χ1) is 11.9. The topological polar surface area (TPSA) is 72.5 Å². The molecule has 0 spiro atoms. The lowest BCUT2D eigenvalue weighted by molar-refractivity contribution is -0.144. The highest BCUT2D eigenvalue weighted by Gasteiger charge is 2.19. The lowest BCUT2D eigenvalue weighted by Gasteiger charge is -2.13. The quantitative estimate of drug-likeness (QED) is 0.646. The first-order valence-electron chi connectivity index (χ1n) is 7.70. The van der Waals surface area contributed by atoms with E-state index in [4.69, 9.17) is 4.74 Å². The molecule has 0 radical (unpaired) electrons. The fourth-order valence-electron chi connectivity index (χ4n) is 2.11. The molecular weight excluding hydrogens is 325 g/mol. The Balaban J connectivity index is 1.86. The number of carbonyl (C=O) groups excluding carboxylic acids is 3. The number of nitrogens with one attached hydrogen (secondary N) is 1. The second kappa shape index (κ2) is 8.19. The molecule has 0 saturated heterocycles. The fraction of sp³-hybridized carbons (Fsp3) is 0.211. The highest BCUT2D eigenvalue weighted by atomic mass is 19.1. The summed E-state index contributed by atoms with van der Waals surface area (Å²) in [7, 11) is 0. The average Bonchev–Trinajstić information content (AvgIpc) is 2.59. The molecule has 5 nitrogen and oxygen atoms in total. The number of Topliss-reactive ketones (excluding diaryl/α,β-unsaturated/α-hetero) is 1. The van der Waals surface area contributed by atoms with E-state index in [1.54, 1.807) is 18.2 Å². The summed E-state index contributed by atoms with van der Waals surface area (Å²) >= 11 is 0. The molecule has 0 heterocycles. The molecule has 0 aliphatic heterocycles. The van der Waals surface area contributed by atoms with Gasteiger partial charge in [-0.2, -0.15) is 0 Å². The van der Waals surface area contributed by atoms with Crippen molar-refractivity contribution in [2.75, 3.05) is 6.61 Å². The summed E-state index contributed by atoms with van der Waals surface area (Å²) in [5.41, 5.74) is 1.60. The predicted molar refractivity (Wildman–Crippen MR) is 89.8 cm³/mol. The number of ether oxygens (including phenoxy) is 1. The highest BCUT2D eigenvalue weighted by molar-refractivity contribution is 5.99. The van der Waals surface area contributed by atoms with E-state index in [2.05, 4.69) is 5.32 Å². The summed E-state index contributed by atoms with van der Waals surface area (Å²) in [5.74, 6) is -2.04. The van der Waals surface area contributed by atoms with Crippen LogP contribution in [-0.4, -0.2) is 30.3 Å². The molecular formula is C19H18FNO4. The largest absolute Gasteiger partial charge is 0.456 e. The molecule has 1 N–H and O–H groups in total. The van der Waals surface area contributed by atoms with E-state index >= 15 is 0 Å². The van der Waals surface area contributed by atoms with Gasteiger partial charge in [0.2, 0.25) is 0 Å². The highest BCUT2D eigenvalue weighted by Crippen LogP contribution is 2.06. The summed E-state index contributed by atoms with van der Waals surface area (Å²) in [6.07, 6.45) is 0. The number of aryl methyl sites for hydroxylation is 1. The molecule has 0 unspecified atom stereocenters. The molecule has 2 aromatic rings. The van der Waals surface area contributed by atoms with E-state index in [1.807, 2.05) is 13.0 Å². The number of rotatable bonds is 6. The van der Waals surface area contributed by atoms with Crippen LogP contribution in [0.3, 0.4) is 0 Å². The second-order valence-electron chi connectivity index (χ2n) is 5.60. The first kappa shape index (κ1) is 18.3. The van der Waals surface area contributed by atoms with E-state index in [9.17, 15) is 18.8 Å². The van der Waals surface area contributed by atoms with Crippen LogP contribution in [0.4, 0.5) is 4.39 Å². The van der Waals surface area contributed by atoms with Gasteiger partial charge in [0.25, 0.3) is 5.91 Å². The van der Waals surface area contributed by atoms with Crippen molar-refractivity contribution in [3.8, 4) is 0 Å². The second-order valence-corrected chi connectivity index (χ2v) is 5.60. The predicted octanol–water partition coefficient (Wildman–Crippen LogP) is 2.68. The molecule has 2 rings (SSSR count). The van der Waals surface area contributed by atoms with Gasteiger partial charge in [0, 0.05) is 11.1 Å². The number of ketones is 1. The van der Waals surface area contributed by atoms with Crippen LogP contribution in [0, 0.1) is 12.7 Å². The smallest absolute Gasteiger partial charge is 0.328 e. The number of amides is 1. The van der Waals surface area contributed by atoms with Crippen molar-refractivity contribution in [3.63, 3.8) is 0 Å².